The first-order valence-electron chi connectivity index (χ1n) is 8.30. The van der Waals surface area contributed by atoms with E-state index in [1.807, 2.05) is 21.5 Å². The molecule has 4 heteroatoms. The number of rotatable bonds is 7. The molecule has 0 radical (unpaired) electrons. The van der Waals surface area contributed by atoms with Gasteiger partial charge in [0.2, 0.25) is 0 Å². The van der Waals surface area contributed by atoms with Crippen molar-refractivity contribution in [2.45, 2.75) is 70.5 Å². The number of hydrogen-bond donors (Lipinski definition) is 1. The van der Waals surface area contributed by atoms with E-state index in [1.165, 1.54) is 38.5 Å². The average Bonchev–Trinajstić information content (AvgIpc) is 3.08. The van der Waals surface area contributed by atoms with E-state index in [1.54, 1.807) is 0 Å². The second-order valence-electron chi connectivity index (χ2n) is 6.45. The molecule has 1 N–H and O–H groups in total. The van der Waals surface area contributed by atoms with Gasteiger partial charge in [-0.2, -0.15) is 0 Å². The zero-order valence-electron chi connectivity index (χ0n) is 12.6. The van der Waals surface area contributed by atoms with Crippen LogP contribution in [0.2, 0.25) is 0 Å². The smallest absolute Gasteiger partial charge is 0.314 e. The lowest BCUT2D eigenvalue weighted by atomic mass is 9.99. The predicted octanol–water partition coefficient (Wildman–Crippen LogP) is 2.54. The fraction of sp³-hybridized carbons (Fsp3) is 0.812. The summed E-state index contributed by atoms with van der Waals surface area (Å²) in [5.41, 5.74) is 0.198. The monoisotopic (exact) mass is 277 g/mol. The van der Waals surface area contributed by atoms with Gasteiger partial charge in [0.1, 0.15) is 0 Å². The van der Waals surface area contributed by atoms with E-state index in [2.05, 4.69) is 12.2 Å². The van der Waals surface area contributed by atoms with Gasteiger partial charge in [0.25, 0.3) is 0 Å². The topological polar surface area (TPSA) is 39.0 Å². The highest BCUT2D eigenvalue weighted by atomic mass is 16.1. The number of nitrogens with zero attached hydrogens (tertiary/aromatic N) is 2. The van der Waals surface area contributed by atoms with E-state index >= 15 is 0 Å². The van der Waals surface area contributed by atoms with Crippen molar-refractivity contribution in [2.75, 3.05) is 6.54 Å². The van der Waals surface area contributed by atoms with Gasteiger partial charge in [0.15, 0.2) is 0 Å². The highest BCUT2D eigenvalue weighted by Gasteiger charge is 2.28. The maximum atomic E-state index is 12.2. The van der Waals surface area contributed by atoms with Crippen LogP contribution in [0.4, 0.5) is 0 Å². The molecule has 2 fully saturated rings. The third kappa shape index (κ3) is 3.00. The Balaban J connectivity index is 1.54. The van der Waals surface area contributed by atoms with Gasteiger partial charge in [0, 0.05) is 31.0 Å². The molecule has 0 aliphatic heterocycles. The van der Waals surface area contributed by atoms with Crippen molar-refractivity contribution in [3.05, 3.63) is 22.9 Å². The Morgan fingerprint density at radius 3 is 2.85 bits per heavy atom. The van der Waals surface area contributed by atoms with Gasteiger partial charge in [0.05, 0.1) is 0 Å². The summed E-state index contributed by atoms with van der Waals surface area (Å²) >= 11 is 0. The highest BCUT2D eigenvalue weighted by molar-refractivity contribution is 4.92. The van der Waals surface area contributed by atoms with Gasteiger partial charge >= 0.3 is 5.69 Å². The van der Waals surface area contributed by atoms with Gasteiger partial charge in [-0.05, 0) is 51.0 Å². The Bertz CT molecular complexity index is 486. The molecule has 0 saturated heterocycles. The van der Waals surface area contributed by atoms with E-state index < -0.39 is 0 Å². The van der Waals surface area contributed by atoms with E-state index in [4.69, 9.17) is 0 Å². The summed E-state index contributed by atoms with van der Waals surface area (Å²) in [6, 6.07) is 1.17. The Labute approximate surface area is 121 Å². The van der Waals surface area contributed by atoms with Crippen molar-refractivity contribution >= 4 is 0 Å². The minimum atomic E-state index is 0.198. The number of aromatic nitrogens is 2. The Morgan fingerprint density at radius 2 is 2.10 bits per heavy atom. The third-order valence-electron chi connectivity index (χ3n) is 4.87. The second kappa shape index (κ2) is 6.17. The molecule has 2 unspecified atom stereocenters. The molecule has 0 amide bonds. The molecule has 2 aliphatic rings. The molecular weight excluding hydrogens is 250 g/mol. The highest BCUT2D eigenvalue weighted by Crippen LogP contribution is 2.33. The molecule has 1 aromatic heterocycles. The molecule has 0 spiro atoms. The van der Waals surface area contributed by atoms with E-state index in [9.17, 15) is 4.79 Å². The summed E-state index contributed by atoms with van der Waals surface area (Å²) in [6.07, 6.45) is 12.6. The molecule has 2 saturated carbocycles. The molecule has 4 nitrogen and oxygen atoms in total. The number of imidazole rings is 1. The summed E-state index contributed by atoms with van der Waals surface area (Å²) in [7, 11) is 0. The lowest BCUT2D eigenvalue weighted by Gasteiger charge is -2.20. The number of nitrogens with one attached hydrogen (secondary N) is 1. The fourth-order valence-electron chi connectivity index (χ4n) is 3.51. The first kappa shape index (κ1) is 13.9. The summed E-state index contributed by atoms with van der Waals surface area (Å²) in [6.45, 7) is 4.23. The van der Waals surface area contributed by atoms with Crippen molar-refractivity contribution in [3.63, 3.8) is 0 Å². The van der Waals surface area contributed by atoms with Crippen molar-refractivity contribution in [2.24, 2.45) is 5.92 Å². The van der Waals surface area contributed by atoms with Crippen LogP contribution in [0.15, 0.2) is 17.2 Å². The van der Waals surface area contributed by atoms with Gasteiger partial charge < -0.3 is 5.32 Å². The first-order valence-corrected chi connectivity index (χ1v) is 8.30. The van der Waals surface area contributed by atoms with Crippen LogP contribution in [0, 0.1) is 5.92 Å². The molecule has 112 valence electrons. The maximum absolute atomic E-state index is 12.2. The quantitative estimate of drug-likeness (QED) is 0.832. The predicted molar refractivity (Wildman–Crippen MR) is 81.0 cm³/mol. The molecule has 3 rings (SSSR count). The zero-order valence-corrected chi connectivity index (χ0v) is 12.6. The van der Waals surface area contributed by atoms with Gasteiger partial charge in [-0.25, -0.2) is 4.79 Å². The average molecular weight is 277 g/mol. The fourth-order valence-corrected chi connectivity index (χ4v) is 3.51. The Hall–Kier alpha value is -1.03. The minimum absolute atomic E-state index is 0.198. The van der Waals surface area contributed by atoms with E-state index in [0.29, 0.717) is 12.1 Å². The van der Waals surface area contributed by atoms with Crippen molar-refractivity contribution < 1.29 is 0 Å². The van der Waals surface area contributed by atoms with Crippen LogP contribution in [0.1, 0.15) is 57.9 Å². The summed E-state index contributed by atoms with van der Waals surface area (Å²) in [5, 5.41) is 3.67. The summed E-state index contributed by atoms with van der Waals surface area (Å²) in [4.78, 5) is 12.2. The second-order valence-corrected chi connectivity index (χ2v) is 6.45. The molecule has 20 heavy (non-hydrogen) atoms. The molecule has 0 aromatic carbocycles. The van der Waals surface area contributed by atoms with Gasteiger partial charge in [-0.1, -0.05) is 13.3 Å². The zero-order chi connectivity index (χ0) is 13.9. The lowest BCUT2D eigenvalue weighted by molar-refractivity contribution is 0.359. The normalized spacial score (nSPS) is 26.2. The van der Waals surface area contributed by atoms with Crippen LogP contribution < -0.4 is 11.0 Å². The van der Waals surface area contributed by atoms with Crippen LogP contribution in [-0.2, 0) is 6.54 Å². The Morgan fingerprint density at radius 1 is 1.25 bits per heavy atom. The Kier molecular flexibility index (Phi) is 4.29. The molecular formula is C16H27N3O. The van der Waals surface area contributed by atoms with Crippen molar-refractivity contribution in [1.29, 1.82) is 0 Å². The number of aryl methyl sites for hydroxylation is 1. The summed E-state index contributed by atoms with van der Waals surface area (Å²) in [5.74, 6) is 0.748. The van der Waals surface area contributed by atoms with Gasteiger partial charge in [-0.3, -0.25) is 9.13 Å². The van der Waals surface area contributed by atoms with Gasteiger partial charge in [-0.15, -0.1) is 0 Å². The maximum Gasteiger partial charge on any atom is 0.328 e. The van der Waals surface area contributed by atoms with Crippen LogP contribution in [-0.4, -0.2) is 21.7 Å². The first-order chi connectivity index (χ1) is 9.79. The van der Waals surface area contributed by atoms with E-state index in [0.717, 1.165) is 25.4 Å². The molecule has 2 atom stereocenters. The standard InChI is InChI=1S/C16H27N3O/c1-2-9-17-15-5-3-4-13(15)8-10-18-11-12-19(16(18)20)14-6-7-14/h11-15,17H,2-10H2,1H3. The van der Waals surface area contributed by atoms with Crippen LogP contribution in [0.5, 0.6) is 0 Å². The SMILES string of the molecule is CCCNC1CCCC1CCn1ccn(C2CC2)c1=O. The third-order valence-corrected chi connectivity index (χ3v) is 4.87. The van der Waals surface area contributed by atoms with Crippen molar-refractivity contribution in [3.8, 4) is 0 Å². The van der Waals surface area contributed by atoms with Crippen LogP contribution >= 0.6 is 0 Å². The number of hydrogen-bond acceptors (Lipinski definition) is 2. The van der Waals surface area contributed by atoms with Crippen molar-refractivity contribution in [1.82, 2.24) is 14.5 Å². The summed E-state index contributed by atoms with van der Waals surface area (Å²) < 4.78 is 3.83. The van der Waals surface area contributed by atoms with Crippen LogP contribution in [0.3, 0.4) is 0 Å². The molecule has 1 aromatic rings. The molecule has 2 aliphatic carbocycles. The minimum Gasteiger partial charge on any atom is -0.314 e. The lowest BCUT2D eigenvalue weighted by Crippen LogP contribution is -2.34. The van der Waals surface area contributed by atoms with E-state index in [-0.39, 0.29) is 5.69 Å². The molecule has 0 bridgehead atoms. The molecule has 1 heterocycles. The largest absolute Gasteiger partial charge is 0.328 e. The van der Waals surface area contributed by atoms with Crippen LogP contribution in [0.25, 0.3) is 0 Å².